The molecule has 0 aliphatic carbocycles. The van der Waals surface area contributed by atoms with Gasteiger partial charge in [0, 0.05) is 25.4 Å². The molecule has 1 aliphatic rings. The molecule has 4 rings (SSSR count). The summed E-state index contributed by atoms with van der Waals surface area (Å²) < 4.78 is 13.3. The lowest BCUT2D eigenvalue weighted by Gasteiger charge is -2.33. The van der Waals surface area contributed by atoms with Crippen molar-refractivity contribution >= 4 is 11.6 Å². The zero-order valence-corrected chi connectivity index (χ0v) is 13.5. The molecule has 1 atom stereocenters. The van der Waals surface area contributed by atoms with Gasteiger partial charge in [-0.3, -0.25) is 4.79 Å². The molecule has 6 nitrogen and oxygen atoms in total. The SMILES string of the molecule is CCc1ccc(C2COCCN2C(=O)c2cn3ccccc3n2)o1. The highest BCUT2D eigenvalue weighted by atomic mass is 16.5. The number of morpholine rings is 1. The van der Waals surface area contributed by atoms with Gasteiger partial charge in [0.15, 0.2) is 0 Å². The maximum absolute atomic E-state index is 13.0. The van der Waals surface area contributed by atoms with Crippen LogP contribution in [0.15, 0.2) is 47.1 Å². The Hall–Kier alpha value is -2.60. The molecule has 0 bridgehead atoms. The van der Waals surface area contributed by atoms with E-state index in [9.17, 15) is 4.79 Å². The van der Waals surface area contributed by atoms with Gasteiger partial charge in [0.2, 0.25) is 0 Å². The van der Waals surface area contributed by atoms with Crippen LogP contribution in [0.5, 0.6) is 0 Å². The van der Waals surface area contributed by atoms with Gasteiger partial charge >= 0.3 is 0 Å². The molecule has 0 N–H and O–H groups in total. The first-order valence-electron chi connectivity index (χ1n) is 8.17. The molecule has 0 aromatic carbocycles. The van der Waals surface area contributed by atoms with Crippen LogP contribution in [-0.2, 0) is 11.2 Å². The zero-order valence-electron chi connectivity index (χ0n) is 13.5. The predicted molar refractivity (Wildman–Crippen MR) is 87.9 cm³/mol. The molecule has 4 heterocycles. The van der Waals surface area contributed by atoms with E-state index in [-0.39, 0.29) is 11.9 Å². The summed E-state index contributed by atoms with van der Waals surface area (Å²) in [4.78, 5) is 19.2. The number of amides is 1. The highest BCUT2D eigenvalue weighted by molar-refractivity contribution is 5.93. The van der Waals surface area contributed by atoms with E-state index in [0.29, 0.717) is 25.5 Å². The van der Waals surface area contributed by atoms with E-state index >= 15 is 0 Å². The number of furan rings is 1. The second-order valence-electron chi connectivity index (χ2n) is 5.84. The normalized spacial score (nSPS) is 18.2. The fourth-order valence-electron chi connectivity index (χ4n) is 3.03. The third-order valence-electron chi connectivity index (χ3n) is 4.33. The monoisotopic (exact) mass is 325 g/mol. The summed E-state index contributed by atoms with van der Waals surface area (Å²) in [6, 6.07) is 9.38. The average molecular weight is 325 g/mol. The average Bonchev–Trinajstić information content (AvgIpc) is 3.27. The third kappa shape index (κ3) is 2.59. The Morgan fingerprint density at radius 3 is 3.04 bits per heavy atom. The fourth-order valence-corrected chi connectivity index (χ4v) is 3.03. The molecule has 0 saturated carbocycles. The largest absolute Gasteiger partial charge is 0.464 e. The van der Waals surface area contributed by atoms with Crippen molar-refractivity contribution in [2.24, 2.45) is 0 Å². The van der Waals surface area contributed by atoms with Gasteiger partial charge in [-0.1, -0.05) is 13.0 Å². The minimum atomic E-state index is -0.212. The van der Waals surface area contributed by atoms with Crippen LogP contribution < -0.4 is 0 Å². The molecule has 24 heavy (non-hydrogen) atoms. The predicted octanol–water partition coefficient (Wildman–Crippen LogP) is 2.70. The molecule has 3 aromatic heterocycles. The number of aromatic nitrogens is 2. The summed E-state index contributed by atoms with van der Waals surface area (Å²) in [5.41, 5.74) is 1.20. The Bertz CT molecular complexity index is 834. The summed E-state index contributed by atoms with van der Waals surface area (Å²) in [5, 5.41) is 0. The number of rotatable bonds is 3. The van der Waals surface area contributed by atoms with Crippen molar-refractivity contribution in [2.45, 2.75) is 19.4 Å². The number of nitrogens with zero attached hydrogens (tertiary/aromatic N) is 3. The number of hydrogen-bond acceptors (Lipinski definition) is 4. The topological polar surface area (TPSA) is 60.0 Å². The van der Waals surface area contributed by atoms with Gasteiger partial charge in [0.25, 0.3) is 5.91 Å². The molecule has 1 unspecified atom stereocenters. The minimum absolute atomic E-state index is 0.0959. The quantitative estimate of drug-likeness (QED) is 0.743. The van der Waals surface area contributed by atoms with Crippen LogP contribution in [0.2, 0.25) is 0 Å². The third-order valence-corrected chi connectivity index (χ3v) is 4.33. The summed E-state index contributed by atoms with van der Waals surface area (Å²) in [6.07, 6.45) is 4.48. The minimum Gasteiger partial charge on any atom is -0.464 e. The number of imidazole rings is 1. The van der Waals surface area contributed by atoms with Crippen molar-refractivity contribution in [1.82, 2.24) is 14.3 Å². The van der Waals surface area contributed by atoms with Gasteiger partial charge in [-0.2, -0.15) is 0 Å². The lowest BCUT2D eigenvalue weighted by atomic mass is 10.1. The molecule has 0 spiro atoms. The van der Waals surface area contributed by atoms with E-state index < -0.39 is 0 Å². The van der Waals surface area contributed by atoms with E-state index in [1.807, 2.05) is 47.9 Å². The highest BCUT2D eigenvalue weighted by Gasteiger charge is 2.32. The van der Waals surface area contributed by atoms with Crippen molar-refractivity contribution in [3.63, 3.8) is 0 Å². The number of carbonyl (C=O) groups is 1. The van der Waals surface area contributed by atoms with Gasteiger partial charge in [-0.05, 0) is 24.3 Å². The van der Waals surface area contributed by atoms with Crippen molar-refractivity contribution in [2.75, 3.05) is 19.8 Å². The van der Waals surface area contributed by atoms with Crippen LogP contribution in [0.4, 0.5) is 0 Å². The molecule has 1 saturated heterocycles. The molecule has 1 amide bonds. The number of aryl methyl sites for hydroxylation is 1. The summed E-state index contributed by atoms with van der Waals surface area (Å²) in [7, 11) is 0. The molecule has 1 fully saturated rings. The molecule has 6 heteroatoms. The van der Waals surface area contributed by atoms with E-state index in [1.54, 1.807) is 11.1 Å². The molecular formula is C18H19N3O3. The Kier molecular flexibility index (Phi) is 3.82. The van der Waals surface area contributed by atoms with Gasteiger partial charge in [0.05, 0.1) is 13.2 Å². The summed E-state index contributed by atoms with van der Waals surface area (Å²) in [6.45, 7) is 3.53. The molecule has 3 aromatic rings. The van der Waals surface area contributed by atoms with Crippen molar-refractivity contribution in [3.05, 3.63) is 59.9 Å². The standard InChI is InChI=1S/C18H19N3O3/c1-2-13-6-7-16(24-13)15-12-23-10-9-21(15)18(22)14-11-20-8-4-3-5-17(20)19-14/h3-8,11,15H,2,9-10,12H2,1H3. The molecular weight excluding hydrogens is 306 g/mol. The lowest BCUT2D eigenvalue weighted by molar-refractivity contribution is -0.00927. The second-order valence-corrected chi connectivity index (χ2v) is 5.84. The number of hydrogen-bond donors (Lipinski definition) is 0. The van der Waals surface area contributed by atoms with E-state index in [1.165, 1.54) is 0 Å². The first kappa shape index (κ1) is 15.0. The Balaban J connectivity index is 1.65. The van der Waals surface area contributed by atoms with Gasteiger partial charge in [-0.15, -0.1) is 0 Å². The first-order valence-corrected chi connectivity index (χ1v) is 8.17. The maximum Gasteiger partial charge on any atom is 0.274 e. The highest BCUT2D eigenvalue weighted by Crippen LogP contribution is 2.27. The number of ether oxygens (including phenoxy) is 1. The van der Waals surface area contributed by atoms with Crippen molar-refractivity contribution < 1.29 is 13.9 Å². The van der Waals surface area contributed by atoms with Crippen LogP contribution >= 0.6 is 0 Å². The molecule has 1 aliphatic heterocycles. The molecule has 124 valence electrons. The Morgan fingerprint density at radius 2 is 2.25 bits per heavy atom. The molecule has 0 radical (unpaired) electrons. The maximum atomic E-state index is 13.0. The first-order chi connectivity index (χ1) is 11.8. The lowest BCUT2D eigenvalue weighted by Crippen LogP contribution is -2.43. The van der Waals surface area contributed by atoms with E-state index in [2.05, 4.69) is 4.98 Å². The fraction of sp³-hybridized carbons (Fsp3) is 0.333. The number of pyridine rings is 1. The van der Waals surface area contributed by atoms with Crippen LogP contribution in [-0.4, -0.2) is 40.0 Å². The van der Waals surface area contributed by atoms with Crippen LogP contribution in [0.3, 0.4) is 0 Å². The summed E-state index contributed by atoms with van der Waals surface area (Å²) in [5.74, 6) is 1.58. The zero-order chi connectivity index (χ0) is 16.5. The van der Waals surface area contributed by atoms with E-state index in [4.69, 9.17) is 9.15 Å². The van der Waals surface area contributed by atoms with Crippen LogP contribution in [0.1, 0.15) is 35.0 Å². The van der Waals surface area contributed by atoms with Gasteiger partial charge < -0.3 is 18.5 Å². The van der Waals surface area contributed by atoms with Gasteiger partial charge in [0.1, 0.15) is 28.9 Å². The van der Waals surface area contributed by atoms with E-state index in [0.717, 1.165) is 23.6 Å². The van der Waals surface area contributed by atoms with Crippen LogP contribution in [0.25, 0.3) is 5.65 Å². The van der Waals surface area contributed by atoms with Gasteiger partial charge in [-0.25, -0.2) is 4.98 Å². The smallest absolute Gasteiger partial charge is 0.274 e. The Morgan fingerprint density at radius 1 is 1.33 bits per heavy atom. The second kappa shape index (κ2) is 6.13. The van der Waals surface area contributed by atoms with Crippen molar-refractivity contribution in [3.8, 4) is 0 Å². The summed E-state index contributed by atoms with van der Waals surface area (Å²) >= 11 is 0. The Labute approximate surface area is 139 Å². The number of fused-ring (bicyclic) bond motifs is 1. The number of carbonyl (C=O) groups excluding carboxylic acids is 1. The van der Waals surface area contributed by atoms with Crippen LogP contribution in [0, 0.1) is 0 Å². The van der Waals surface area contributed by atoms with Crippen molar-refractivity contribution in [1.29, 1.82) is 0 Å².